The number of aliphatic hydroxyl groups excluding tert-OH is 4. The first-order chi connectivity index (χ1) is 5.70. The molecule has 5 nitrogen and oxygen atoms in total. The minimum atomic E-state index is -0.897. The van der Waals surface area contributed by atoms with Gasteiger partial charge in [-0.05, 0) is 6.42 Å². The maximum Gasteiger partial charge on any atom is 0.100 e. The summed E-state index contributed by atoms with van der Waals surface area (Å²) in [5.41, 5.74) is 0. The van der Waals surface area contributed by atoms with Gasteiger partial charge in [0.05, 0.1) is 25.9 Å². The van der Waals surface area contributed by atoms with E-state index in [1.165, 1.54) is 0 Å². The van der Waals surface area contributed by atoms with Crippen LogP contribution in [-0.2, 0) is 4.74 Å². The second kappa shape index (κ2) is 7.45. The molecule has 0 bridgehead atoms. The Labute approximate surface area is 71.2 Å². The molecule has 0 aliphatic carbocycles. The van der Waals surface area contributed by atoms with Gasteiger partial charge in [-0.25, -0.2) is 0 Å². The molecule has 0 saturated heterocycles. The normalized spacial score (nSPS) is 16.0. The quantitative estimate of drug-likeness (QED) is 0.367. The van der Waals surface area contributed by atoms with Crippen LogP contribution in [0.1, 0.15) is 6.42 Å². The molecule has 0 aliphatic heterocycles. The lowest BCUT2D eigenvalue weighted by molar-refractivity contribution is -0.0286. The molecule has 4 N–H and O–H groups in total. The van der Waals surface area contributed by atoms with Crippen molar-refractivity contribution in [2.24, 2.45) is 0 Å². The highest BCUT2D eigenvalue weighted by Crippen LogP contribution is 1.92. The summed E-state index contributed by atoms with van der Waals surface area (Å²) in [6.45, 7) is -0.375. The van der Waals surface area contributed by atoms with Crippen molar-refractivity contribution in [3.05, 3.63) is 0 Å². The summed E-state index contributed by atoms with van der Waals surface area (Å²) in [4.78, 5) is 0. The molecule has 0 spiro atoms. The van der Waals surface area contributed by atoms with E-state index in [1.807, 2.05) is 0 Å². The molecule has 0 aromatic carbocycles. The van der Waals surface area contributed by atoms with E-state index in [9.17, 15) is 0 Å². The average Bonchev–Trinajstić information content (AvgIpc) is 2.04. The molecular weight excluding hydrogens is 164 g/mol. The van der Waals surface area contributed by atoms with Crippen molar-refractivity contribution >= 4 is 0 Å². The van der Waals surface area contributed by atoms with Gasteiger partial charge in [0.15, 0.2) is 0 Å². The van der Waals surface area contributed by atoms with E-state index in [2.05, 4.69) is 0 Å². The first-order valence-electron chi connectivity index (χ1n) is 3.86. The molecule has 0 fully saturated rings. The molecule has 2 unspecified atom stereocenters. The molecular formula is C7H16O5. The first-order valence-corrected chi connectivity index (χ1v) is 3.86. The molecule has 0 amide bonds. The lowest BCUT2D eigenvalue weighted by Gasteiger charge is -2.11. The minimum Gasteiger partial charge on any atom is -0.396 e. The minimum absolute atomic E-state index is 0.00100. The van der Waals surface area contributed by atoms with Crippen LogP contribution in [0.3, 0.4) is 0 Å². The SMILES string of the molecule is OCCC(O)COCC(O)CO. The number of hydrogen-bond donors (Lipinski definition) is 4. The molecule has 12 heavy (non-hydrogen) atoms. The van der Waals surface area contributed by atoms with Gasteiger partial charge in [0.2, 0.25) is 0 Å². The smallest absolute Gasteiger partial charge is 0.100 e. The highest BCUT2D eigenvalue weighted by Gasteiger charge is 2.05. The molecule has 5 heteroatoms. The van der Waals surface area contributed by atoms with E-state index >= 15 is 0 Å². The second-order valence-corrected chi connectivity index (χ2v) is 2.54. The van der Waals surface area contributed by atoms with E-state index in [0.29, 0.717) is 0 Å². The summed E-state index contributed by atoms with van der Waals surface area (Å²) in [6, 6.07) is 0. The lowest BCUT2D eigenvalue weighted by Crippen LogP contribution is -2.24. The monoisotopic (exact) mass is 180 g/mol. The fraction of sp³-hybridized carbons (Fsp3) is 1.00. The molecule has 0 radical (unpaired) electrons. The van der Waals surface area contributed by atoms with Crippen LogP contribution in [0.4, 0.5) is 0 Å². The third-order valence-corrected chi connectivity index (χ3v) is 1.29. The van der Waals surface area contributed by atoms with Gasteiger partial charge in [-0.2, -0.15) is 0 Å². The van der Waals surface area contributed by atoms with Gasteiger partial charge < -0.3 is 25.2 Å². The summed E-state index contributed by atoms with van der Waals surface area (Å²) in [6.07, 6.45) is -1.35. The van der Waals surface area contributed by atoms with E-state index in [4.69, 9.17) is 25.2 Å². The number of hydrogen-bond acceptors (Lipinski definition) is 5. The fourth-order valence-corrected chi connectivity index (χ4v) is 0.625. The van der Waals surface area contributed by atoms with Crippen LogP contribution < -0.4 is 0 Å². The Morgan fingerprint density at radius 1 is 1.00 bits per heavy atom. The Kier molecular flexibility index (Phi) is 7.33. The van der Waals surface area contributed by atoms with Crippen LogP contribution in [0.15, 0.2) is 0 Å². The van der Waals surface area contributed by atoms with Crippen molar-refractivity contribution in [1.29, 1.82) is 0 Å². The summed E-state index contributed by atoms with van der Waals surface area (Å²) < 4.78 is 4.83. The third-order valence-electron chi connectivity index (χ3n) is 1.29. The highest BCUT2D eigenvalue weighted by molar-refractivity contribution is 4.54. The van der Waals surface area contributed by atoms with E-state index in [0.717, 1.165) is 0 Å². The van der Waals surface area contributed by atoms with Crippen molar-refractivity contribution in [1.82, 2.24) is 0 Å². The van der Waals surface area contributed by atoms with E-state index < -0.39 is 12.2 Å². The van der Waals surface area contributed by atoms with Crippen molar-refractivity contribution in [2.45, 2.75) is 18.6 Å². The topological polar surface area (TPSA) is 90.2 Å². The van der Waals surface area contributed by atoms with Crippen molar-refractivity contribution in [3.63, 3.8) is 0 Å². The van der Waals surface area contributed by atoms with Crippen LogP contribution >= 0.6 is 0 Å². The molecule has 2 atom stereocenters. The predicted molar refractivity (Wildman–Crippen MR) is 41.6 cm³/mol. The standard InChI is InChI=1S/C7H16O5/c8-2-1-6(10)4-12-5-7(11)3-9/h6-11H,1-5H2. The van der Waals surface area contributed by atoms with Crippen LogP contribution in [0.2, 0.25) is 0 Å². The van der Waals surface area contributed by atoms with Crippen molar-refractivity contribution in [2.75, 3.05) is 26.4 Å². The zero-order valence-corrected chi connectivity index (χ0v) is 6.89. The molecule has 74 valence electrons. The molecule has 0 aromatic rings. The highest BCUT2D eigenvalue weighted by atomic mass is 16.5. The van der Waals surface area contributed by atoms with E-state index in [1.54, 1.807) is 0 Å². The number of rotatable bonds is 7. The molecule has 0 aliphatic rings. The van der Waals surface area contributed by atoms with Gasteiger partial charge in [0.1, 0.15) is 6.10 Å². The zero-order valence-electron chi connectivity index (χ0n) is 6.89. The molecule has 0 saturated carbocycles. The summed E-state index contributed by atoms with van der Waals surface area (Å²) in [7, 11) is 0. The Balaban J connectivity index is 3.18. The van der Waals surface area contributed by atoms with Gasteiger partial charge in [0.25, 0.3) is 0 Å². The fourth-order valence-electron chi connectivity index (χ4n) is 0.625. The van der Waals surface area contributed by atoms with Crippen LogP contribution in [0.5, 0.6) is 0 Å². The van der Waals surface area contributed by atoms with Gasteiger partial charge in [-0.3, -0.25) is 0 Å². The summed E-state index contributed by atoms with van der Waals surface area (Å²) >= 11 is 0. The zero-order chi connectivity index (χ0) is 9.40. The average molecular weight is 180 g/mol. The maximum atomic E-state index is 9.01. The van der Waals surface area contributed by atoms with Gasteiger partial charge in [0, 0.05) is 6.61 Å². The van der Waals surface area contributed by atoms with Crippen LogP contribution in [-0.4, -0.2) is 59.1 Å². The Morgan fingerprint density at radius 3 is 2.08 bits per heavy atom. The first kappa shape index (κ1) is 11.8. The van der Waals surface area contributed by atoms with Gasteiger partial charge in [-0.1, -0.05) is 0 Å². The number of aliphatic hydroxyl groups is 4. The van der Waals surface area contributed by atoms with E-state index in [-0.39, 0.29) is 32.8 Å². The molecule has 0 aromatic heterocycles. The summed E-state index contributed by atoms with van der Waals surface area (Å²) in [5, 5.41) is 34.6. The predicted octanol–water partition coefficient (Wildman–Crippen LogP) is -1.90. The Morgan fingerprint density at radius 2 is 1.58 bits per heavy atom. The van der Waals surface area contributed by atoms with Crippen molar-refractivity contribution < 1.29 is 25.2 Å². The largest absolute Gasteiger partial charge is 0.396 e. The summed E-state index contributed by atoms with van der Waals surface area (Å²) in [5.74, 6) is 0. The Hall–Kier alpha value is -0.200. The van der Waals surface area contributed by atoms with Gasteiger partial charge >= 0.3 is 0 Å². The Bertz CT molecular complexity index is 97.8. The molecule has 0 heterocycles. The maximum absolute atomic E-state index is 9.01. The molecule has 0 rings (SSSR count). The van der Waals surface area contributed by atoms with Crippen molar-refractivity contribution in [3.8, 4) is 0 Å². The van der Waals surface area contributed by atoms with Gasteiger partial charge in [-0.15, -0.1) is 0 Å². The van der Waals surface area contributed by atoms with Crippen LogP contribution in [0, 0.1) is 0 Å². The lowest BCUT2D eigenvalue weighted by atomic mass is 10.3. The van der Waals surface area contributed by atoms with Crippen LogP contribution in [0.25, 0.3) is 0 Å². The second-order valence-electron chi connectivity index (χ2n) is 2.54. The third kappa shape index (κ3) is 6.51. The number of ether oxygens (including phenoxy) is 1.